The van der Waals surface area contributed by atoms with E-state index in [9.17, 15) is 14.4 Å². The molecule has 5 atom stereocenters. The lowest BCUT2D eigenvalue weighted by Gasteiger charge is -2.43. The van der Waals surface area contributed by atoms with Gasteiger partial charge in [0.2, 0.25) is 0 Å². The number of hydrazine groups is 1. The van der Waals surface area contributed by atoms with Gasteiger partial charge in [0, 0.05) is 78.1 Å². The van der Waals surface area contributed by atoms with Crippen molar-refractivity contribution in [2.24, 2.45) is 11.3 Å². The predicted molar refractivity (Wildman–Crippen MR) is 205 cm³/mol. The third-order valence-electron chi connectivity index (χ3n) is 11.4. The molecule has 0 spiro atoms. The molecule has 0 saturated carbocycles. The maximum atomic E-state index is 14.2. The number of rotatable bonds is 5. The molecule has 4 aliphatic heterocycles. The van der Waals surface area contributed by atoms with Crippen LogP contribution in [-0.2, 0) is 43.2 Å². The fourth-order valence-electron chi connectivity index (χ4n) is 8.39. The van der Waals surface area contributed by atoms with Gasteiger partial charge >= 0.3 is 12.0 Å². The predicted octanol–water partition coefficient (Wildman–Crippen LogP) is 5.13. The summed E-state index contributed by atoms with van der Waals surface area (Å²) in [6, 6.07) is 8.68. The fourth-order valence-corrected chi connectivity index (χ4v) is 9.24. The number of esters is 1. The van der Waals surface area contributed by atoms with E-state index in [1.807, 2.05) is 18.4 Å². The number of methoxy groups -OCH3 is 1. The van der Waals surface area contributed by atoms with Crippen LogP contribution in [0.2, 0.25) is 0 Å². The summed E-state index contributed by atoms with van der Waals surface area (Å²) in [6.07, 6.45) is 3.56. The van der Waals surface area contributed by atoms with E-state index < -0.39 is 23.5 Å². The molecule has 3 fully saturated rings. The molecule has 0 radical (unpaired) electrons. The summed E-state index contributed by atoms with van der Waals surface area (Å²) in [5.41, 5.74) is 9.62. The van der Waals surface area contributed by atoms with E-state index in [2.05, 4.69) is 60.3 Å². The Kier molecular flexibility index (Phi) is 9.96. The number of pyridine rings is 1. The Balaban J connectivity index is 1.22. The van der Waals surface area contributed by atoms with E-state index in [0.717, 1.165) is 56.2 Å². The number of thiazole rings is 1. The van der Waals surface area contributed by atoms with E-state index in [1.165, 1.54) is 16.3 Å². The Hall–Kier alpha value is -4.37. The van der Waals surface area contributed by atoms with Crippen molar-refractivity contribution in [2.75, 3.05) is 40.0 Å². The van der Waals surface area contributed by atoms with Crippen molar-refractivity contribution in [3.8, 4) is 22.5 Å². The van der Waals surface area contributed by atoms with Crippen molar-refractivity contribution in [3.63, 3.8) is 0 Å². The molecule has 2 N–H and O–H groups in total. The average Bonchev–Trinajstić information content (AvgIpc) is 3.87. The number of amides is 3. The molecule has 0 unspecified atom stereocenters. The molecule has 3 aromatic heterocycles. The van der Waals surface area contributed by atoms with E-state index in [4.69, 9.17) is 24.2 Å². The number of cyclic esters (lactones) is 1. The molecule has 6 bridgehead atoms. The zero-order chi connectivity index (χ0) is 37.7. The number of nitrogens with zero attached hydrogens (tertiary/aromatic N) is 5. The highest BCUT2D eigenvalue weighted by atomic mass is 32.1. The number of nitrogens with one attached hydrogen (secondary N) is 2. The highest BCUT2D eigenvalue weighted by Crippen LogP contribution is 2.42. The molecule has 54 heavy (non-hydrogen) atoms. The zero-order valence-electron chi connectivity index (χ0n) is 31.6. The molecular formula is C40H49N7O6S. The lowest BCUT2D eigenvalue weighted by Crippen LogP contribution is -2.65. The van der Waals surface area contributed by atoms with Crippen molar-refractivity contribution in [3.05, 3.63) is 58.2 Å². The van der Waals surface area contributed by atoms with Gasteiger partial charge in [0.15, 0.2) is 0 Å². The molecule has 3 amide bonds. The molecule has 13 nitrogen and oxygen atoms in total. The van der Waals surface area contributed by atoms with Crippen LogP contribution in [0.1, 0.15) is 62.9 Å². The summed E-state index contributed by atoms with van der Waals surface area (Å²) in [7, 11) is 1.70. The second kappa shape index (κ2) is 14.7. The van der Waals surface area contributed by atoms with Crippen LogP contribution in [0.25, 0.3) is 33.4 Å². The first kappa shape index (κ1) is 36.6. The van der Waals surface area contributed by atoms with E-state index in [-0.39, 0.29) is 37.1 Å². The second-order valence-electron chi connectivity index (χ2n) is 15.7. The number of hydrogen-bond acceptors (Lipinski definition) is 10. The molecule has 286 valence electrons. The van der Waals surface area contributed by atoms with Crippen molar-refractivity contribution >= 4 is 40.1 Å². The van der Waals surface area contributed by atoms with Crippen LogP contribution < -0.4 is 10.7 Å². The maximum Gasteiger partial charge on any atom is 0.324 e. The van der Waals surface area contributed by atoms with Crippen molar-refractivity contribution in [1.29, 1.82) is 0 Å². The molecule has 3 saturated heterocycles. The summed E-state index contributed by atoms with van der Waals surface area (Å²) in [5, 5.41) is 8.35. The van der Waals surface area contributed by atoms with Gasteiger partial charge < -0.3 is 29.0 Å². The molecule has 4 aliphatic rings. The highest BCUT2D eigenvalue weighted by Gasteiger charge is 2.46. The minimum absolute atomic E-state index is 0.0262. The van der Waals surface area contributed by atoms with Crippen LogP contribution in [0.4, 0.5) is 4.79 Å². The summed E-state index contributed by atoms with van der Waals surface area (Å²) >= 11 is 1.47. The standard InChI is InChI=1S/C40H49N7O6S/c1-6-45-32-12-11-24-15-27(32)28(36(45)26-9-7-13-41-35(26)23(2)51-5)17-40(3,4)22-53-38(49)29-10-8-14-47(44-29)37(48)30(16-34-42-31(24)21-54-34)43-39(50)46-18-25-19-52-20-33(25)46/h7,9,11-13,15,21,23,25,29-30,33,44H,6,8,10,14,16-20,22H2,1-5H3,(H,43,50)/t23-,25-,29-,30-,33+/m0/s1. The molecule has 8 rings (SSSR count). The lowest BCUT2D eigenvalue weighted by atomic mass is 9.84. The summed E-state index contributed by atoms with van der Waals surface area (Å²) in [6.45, 7) is 11.5. The van der Waals surface area contributed by atoms with Gasteiger partial charge in [0.1, 0.15) is 12.1 Å². The summed E-state index contributed by atoms with van der Waals surface area (Å²) in [4.78, 5) is 53.0. The first-order valence-electron chi connectivity index (χ1n) is 19.0. The normalized spacial score (nSPS) is 24.8. The Morgan fingerprint density at radius 2 is 2.07 bits per heavy atom. The molecule has 1 aromatic carbocycles. The smallest absolute Gasteiger partial charge is 0.324 e. The third-order valence-corrected chi connectivity index (χ3v) is 12.3. The van der Waals surface area contributed by atoms with Gasteiger partial charge in [0.05, 0.1) is 54.1 Å². The van der Waals surface area contributed by atoms with Crippen LogP contribution >= 0.6 is 11.3 Å². The highest BCUT2D eigenvalue weighted by molar-refractivity contribution is 7.10. The third kappa shape index (κ3) is 6.78. The number of aromatic nitrogens is 3. The van der Waals surface area contributed by atoms with E-state index in [1.54, 1.807) is 18.2 Å². The monoisotopic (exact) mass is 755 g/mol. The number of carbonyl (C=O) groups excluding carboxylic acids is 3. The van der Waals surface area contributed by atoms with Crippen LogP contribution in [0.3, 0.4) is 0 Å². The minimum atomic E-state index is -0.892. The topological polar surface area (TPSA) is 140 Å². The molecular weight excluding hydrogens is 707 g/mol. The number of likely N-dealkylation sites (tertiary alicyclic amines) is 1. The molecule has 14 heteroatoms. The Labute approximate surface area is 319 Å². The quantitative estimate of drug-likeness (QED) is 0.266. The van der Waals surface area contributed by atoms with Crippen LogP contribution in [-0.4, -0.2) is 100 Å². The van der Waals surface area contributed by atoms with Crippen molar-refractivity contribution < 1.29 is 28.6 Å². The Bertz CT molecular complexity index is 2080. The number of benzene rings is 1. The van der Waals surface area contributed by atoms with Gasteiger partial charge in [-0.1, -0.05) is 19.9 Å². The molecule has 0 aliphatic carbocycles. The average molecular weight is 756 g/mol. The van der Waals surface area contributed by atoms with Gasteiger partial charge in [-0.05, 0) is 62.9 Å². The van der Waals surface area contributed by atoms with Gasteiger partial charge in [-0.25, -0.2) is 15.2 Å². The first-order valence-corrected chi connectivity index (χ1v) is 19.9. The van der Waals surface area contributed by atoms with Crippen molar-refractivity contribution in [1.82, 2.24) is 35.2 Å². The van der Waals surface area contributed by atoms with Gasteiger partial charge in [-0.15, -0.1) is 11.3 Å². The van der Waals surface area contributed by atoms with Crippen molar-refractivity contribution in [2.45, 2.75) is 84.2 Å². The number of carbonyl (C=O) groups is 3. The number of ether oxygens (including phenoxy) is 3. The number of urea groups is 1. The van der Waals surface area contributed by atoms with Gasteiger partial charge in [0.25, 0.3) is 5.91 Å². The number of fused-ring (bicyclic) bond motifs is 7. The van der Waals surface area contributed by atoms with Gasteiger partial charge in [-0.2, -0.15) is 0 Å². The molecule has 7 heterocycles. The minimum Gasteiger partial charge on any atom is -0.464 e. The first-order chi connectivity index (χ1) is 26.0. The number of hydrogen-bond donors (Lipinski definition) is 2. The van der Waals surface area contributed by atoms with Crippen LogP contribution in [0.15, 0.2) is 41.9 Å². The lowest BCUT2D eigenvalue weighted by molar-refractivity contribution is -0.155. The zero-order valence-corrected chi connectivity index (χ0v) is 32.4. The largest absolute Gasteiger partial charge is 0.464 e. The summed E-state index contributed by atoms with van der Waals surface area (Å²) in [5.74, 6) is -0.375. The Morgan fingerprint density at radius 3 is 2.87 bits per heavy atom. The van der Waals surface area contributed by atoms with Crippen LogP contribution in [0.5, 0.6) is 0 Å². The second-order valence-corrected chi connectivity index (χ2v) is 16.7. The molecule has 4 aromatic rings. The summed E-state index contributed by atoms with van der Waals surface area (Å²) < 4.78 is 19.8. The van der Waals surface area contributed by atoms with E-state index in [0.29, 0.717) is 51.5 Å². The maximum absolute atomic E-state index is 14.2. The SMILES string of the molecule is CCn1c(-c2cccnc2[C@H](C)OC)c2c3cc(ccc31)-c1csc(n1)C[C@H](NC(=O)N1C[C@H]3COC[C@H]31)C(=O)N1CCC[C@H](N1)C(=O)OCC(C)(C)C2. The number of aryl methyl sites for hydroxylation is 1. The van der Waals surface area contributed by atoms with E-state index >= 15 is 0 Å². The van der Waals surface area contributed by atoms with Gasteiger partial charge in [-0.3, -0.25) is 19.6 Å². The Morgan fingerprint density at radius 1 is 1.22 bits per heavy atom. The fraction of sp³-hybridized carbons (Fsp3) is 0.525. The van der Waals surface area contributed by atoms with Crippen LogP contribution in [0, 0.1) is 11.3 Å².